The molecule has 1 fully saturated rings. The number of carbonyl (C=O) groups is 1. The summed E-state index contributed by atoms with van der Waals surface area (Å²) in [6, 6.07) is 0.509. The zero-order chi connectivity index (χ0) is 17.1. The van der Waals surface area contributed by atoms with Gasteiger partial charge < -0.3 is 20.3 Å². The van der Waals surface area contributed by atoms with Crippen LogP contribution in [0.25, 0.3) is 0 Å². The summed E-state index contributed by atoms with van der Waals surface area (Å²) >= 11 is 0. The minimum absolute atomic E-state index is 0. The lowest BCUT2D eigenvalue weighted by Gasteiger charge is -2.59. The van der Waals surface area contributed by atoms with Gasteiger partial charge in [-0.25, -0.2) is 4.99 Å². The fraction of sp³-hybridized carbons (Fsp3) is 0.875. The number of carbonyl (C=O) groups excluding carboxylic acids is 1. The van der Waals surface area contributed by atoms with Crippen LogP contribution in [-0.2, 0) is 9.53 Å². The molecule has 136 valence electrons. The molecule has 1 amide bonds. The third kappa shape index (κ3) is 5.20. The zero-order valence-corrected chi connectivity index (χ0v) is 18.0. The van der Waals surface area contributed by atoms with Crippen LogP contribution in [0.3, 0.4) is 0 Å². The average molecular weight is 440 g/mol. The fourth-order valence-corrected chi connectivity index (χ4v) is 2.58. The number of hydrogen-bond acceptors (Lipinski definition) is 3. The van der Waals surface area contributed by atoms with E-state index in [1.165, 1.54) is 0 Å². The lowest BCUT2D eigenvalue weighted by molar-refractivity contribution is -0.176. The number of hydrogen-bond donors (Lipinski definition) is 2. The van der Waals surface area contributed by atoms with Crippen LogP contribution in [0, 0.1) is 5.41 Å². The molecule has 0 radical (unpaired) electrons. The van der Waals surface area contributed by atoms with E-state index in [1.807, 2.05) is 0 Å². The Morgan fingerprint density at radius 2 is 1.91 bits per heavy atom. The zero-order valence-electron chi connectivity index (χ0n) is 15.7. The number of rotatable bonds is 5. The topological polar surface area (TPSA) is 66.0 Å². The predicted molar refractivity (Wildman–Crippen MR) is 105 cm³/mol. The molecule has 6 nitrogen and oxygen atoms in total. The van der Waals surface area contributed by atoms with Crippen LogP contribution in [0.5, 0.6) is 0 Å². The summed E-state index contributed by atoms with van der Waals surface area (Å²) in [6.07, 6.45) is 0.914. The highest BCUT2D eigenvalue weighted by atomic mass is 127. The number of halogens is 1. The van der Waals surface area contributed by atoms with Crippen molar-refractivity contribution in [3.05, 3.63) is 0 Å². The van der Waals surface area contributed by atoms with E-state index in [0.29, 0.717) is 5.96 Å². The second-order valence-electron chi connectivity index (χ2n) is 7.31. The highest BCUT2D eigenvalue weighted by molar-refractivity contribution is 14.0. The number of nitrogens with zero attached hydrogens (tertiary/aromatic N) is 2. The summed E-state index contributed by atoms with van der Waals surface area (Å²) in [5, 5.41) is 6.73. The Kier molecular flexibility index (Phi) is 8.29. The standard InChI is InChI=1S/C16H32N4O2.HI/c1-11(2)18-14(17-10-13(21)20(6)7)19-12-9-16(5,22-8)15(12,3)4;/h11-12H,9-10H2,1-8H3,(H2,17,18,19);1H. The second-order valence-corrected chi connectivity index (χ2v) is 7.31. The Morgan fingerprint density at radius 1 is 1.35 bits per heavy atom. The lowest BCUT2D eigenvalue weighted by Crippen LogP contribution is -2.69. The van der Waals surface area contributed by atoms with E-state index in [2.05, 4.69) is 50.2 Å². The molecule has 2 N–H and O–H groups in total. The largest absolute Gasteiger partial charge is 0.378 e. The molecular weight excluding hydrogens is 407 g/mol. The van der Waals surface area contributed by atoms with Gasteiger partial charge >= 0.3 is 0 Å². The maximum atomic E-state index is 11.7. The summed E-state index contributed by atoms with van der Waals surface area (Å²) < 4.78 is 5.65. The lowest BCUT2D eigenvalue weighted by atomic mass is 9.56. The van der Waals surface area contributed by atoms with E-state index in [0.717, 1.165) is 6.42 Å². The molecular formula is C16H33IN4O2. The van der Waals surface area contributed by atoms with Crippen molar-refractivity contribution >= 4 is 35.8 Å². The van der Waals surface area contributed by atoms with Crippen molar-refractivity contribution < 1.29 is 9.53 Å². The third-order valence-corrected chi connectivity index (χ3v) is 4.89. The molecule has 0 aromatic rings. The number of methoxy groups -OCH3 is 1. The minimum atomic E-state index is -0.132. The molecule has 1 aliphatic carbocycles. The van der Waals surface area contributed by atoms with Gasteiger partial charge in [-0.15, -0.1) is 24.0 Å². The van der Waals surface area contributed by atoms with Crippen LogP contribution in [-0.4, -0.2) is 62.2 Å². The Morgan fingerprint density at radius 3 is 2.30 bits per heavy atom. The average Bonchev–Trinajstić information content (AvgIpc) is 2.42. The molecule has 2 atom stereocenters. The number of likely N-dealkylation sites (N-methyl/N-ethyl adjacent to an activating group) is 1. The van der Waals surface area contributed by atoms with Crippen molar-refractivity contribution in [2.45, 2.75) is 58.7 Å². The number of guanidine groups is 1. The van der Waals surface area contributed by atoms with Crippen LogP contribution in [0.2, 0.25) is 0 Å². The Hall–Kier alpha value is -0.570. The first-order chi connectivity index (χ1) is 10.0. The van der Waals surface area contributed by atoms with Crippen molar-refractivity contribution in [2.24, 2.45) is 10.4 Å². The van der Waals surface area contributed by atoms with Gasteiger partial charge in [0, 0.05) is 38.7 Å². The number of aliphatic imine (C=N–C) groups is 1. The van der Waals surface area contributed by atoms with Gasteiger partial charge in [0.15, 0.2) is 5.96 Å². The van der Waals surface area contributed by atoms with E-state index in [-0.39, 0.29) is 59.5 Å². The number of amides is 1. The van der Waals surface area contributed by atoms with Crippen LogP contribution in [0.15, 0.2) is 4.99 Å². The van der Waals surface area contributed by atoms with Gasteiger partial charge in [0.05, 0.1) is 5.60 Å². The van der Waals surface area contributed by atoms with Crippen molar-refractivity contribution in [1.82, 2.24) is 15.5 Å². The van der Waals surface area contributed by atoms with Gasteiger partial charge in [-0.05, 0) is 27.2 Å². The smallest absolute Gasteiger partial charge is 0.243 e. The summed E-state index contributed by atoms with van der Waals surface area (Å²) in [6.45, 7) is 10.8. The Bertz CT molecular complexity index is 438. The quantitative estimate of drug-likeness (QED) is 0.389. The molecule has 1 saturated carbocycles. The molecule has 0 heterocycles. The van der Waals surface area contributed by atoms with Gasteiger partial charge in [0.1, 0.15) is 6.54 Å². The van der Waals surface area contributed by atoms with E-state index in [1.54, 1.807) is 26.1 Å². The molecule has 0 bridgehead atoms. The summed E-state index contributed by atoms with van der Waals surface area (Å²) in [5.74, 6) is 0.667. The van der Waals surface area contributed by atoms with Crippen LogP contribution < -0.4 is 10.6 Å². The number of ether oxygens (including phenoxy) is 1. The summed E-state index contributed by atoms with van der Waals surface area (Å²) in [4.78, 5) is 17.7. The highest BCUT2D eigenvalue weighted by Crippen LogP contribution is 2.51. The Labute approximate surface area is 157 Å². The molecule has 0 aromatic heterocycles. The molecule has 0 aromatic carbocycles. The van der Waals surface area contributed by atoms with E-state index < -0.39 is 0 Å². The maximum absolute atomic E-state index is 11.7. The first-order valence-corrected chi connectivity index (χ1v) is 7.86. The fourth-order valence-electron chi connectivity index (χ4n) is 2.58. The van der Waals surface area contributed by atoms with Gasteiger partial charge in [0.25, 0.3) is 0 Å². The minimum Gasteiger partial charge on any atom is -0.378 e. The van der Waals surface area contributed by atoms with E-state index >= 15 is 0 Å². The molecule has 23 heavy (non-hydrogen) atoms. The first-order valence-electron chi connectivity index (χ1n) is 7.86. The molecule has 0 saturated heterocycles. The molecule has 7 heteroatoms. The Balaban J connectivity index is 0.00000484. The second kappa shape index (κ2) is 8.50. The van der Waals surface area contributed by atoms with Crippen LogP contribution in [0.1, 0.15) is 41.0 Å². The van der Waals surface area contributed by atoms with Crippen molar-refractivity contribution in [3.63, 3.8) is 0 Å². The van der Waals surface area contributed by atoms with Gasteiger partial charge in [-0.2, -0.15) is 0 Å². The molecule has 1 aliphatic rings. The van der Waals surface area contributed by atoms with Crippen LogP contribution in [0.4, 0.5) is 0 Å². The molecule has 0 aliphatic heterocycles. The number of nitrogens with one attached hydrogen (secondary N) is 2. The van der Waals surface area contributed by atoms with Gasteiger partial charge in [-0.1, -0.05) is 13.8 Å². The molecule has 0 spiro atoms. The third-order valence-electron chi connectivity index (χ3n) is 4.89. The van der Waals surface area contributed by atoms with Gasteiger partial charge in [0.2, 0.25) is 5.91 Å². The monoisotopic (exact) mass is 440 g/mol. The van der Waals surface area contributed by atoms with Crippen molar-refractivity contribution in [1.29, 1.82) is 0 Å². The SMILES string of the molecule is COC1(C)CC(NC(=NCC(=O)N(C)C)NC(C)C)C1(C)C.I. The normalized spacial score (nSPS) is 26.1. The molecule has 1 rings (SSSR count). The molecule has 2 unspecified atom stereocenters. The van der Waals surface area contributed by atoms with Crippen LogP contribution >= 0.6 is 24.0 Å². The van der Waals surface area contributed by atoms with Gasteiger partial charge in [-0.3, -0.25) is 4.79 Å². The first kappa shape index (κ1) is 22.4. The summed E-state index contributed by atoms with van der Waals surface area (Å²) in [7, 11) is 5.23. The van der Waals surface area contributed by atoms with Crippen molar-refractivity contribution in [2.75, 3.05) is 27.7 Å². The maximum Gasteiger partial charge on any atom is 0.243 e. The highest BCUT2D eigenvalue weighted by Gasteiger charge is 2.58. The van der Waals surface area contributed by atoms with E-state index in [9.17, 15) is 4.79 Å². The van der Waals surface area contributed by atoms with Crippen molar-refractivity contribution in [3.8, 4) is 0 Å². The van der Waals surface area contributed by atoms with E-state index in [4.69, 9.17) is 4.74 Å². The summed E-state index contributed by atoms with van der Waals surface area (Å²) in [5.41, 5.74) is -0.139. The predicted octanol–water partition coefficient (Wildman–Crippen LogP) is 1.84.